The lowest BCUT2D eigenvalue weighted by atomic mass is 9.97. The van der Waals surface area contributed by atoms with E-state index in [0.29, 0.717) is 16.1 Å². The number of H-pyrrole nitrogens is 1. The van der Waals surface area contributed by atoms with Gasteiger partial charge in [-0.1, -0.05) is 42.0 Å². The van der Waals surface area contributed by atoms with E-state index in [1.165, 1.54) is 0 Å². The highest BCUT2D eigenvalue weighted by atomic mass is 35.5. The number of pyridine rings is 1. The summed E-state index contributed by atoms with van der Waals surface area (Å²) in [5, 5.41) is 26.5. The molecule has 2 aromatic rings. The van der Waals surface area contributed by atoms with Crippen LogP contribution in [0.2, 0.25) is 5.02 Å². The number of nitrogen functional groups attached to an aromatic ring is 1. The average molecular weight is 333 g/mol. The number of hydrogen-bond acceptors (Lipinski definition) is 5. The van der Waals surface area contributed by atoms with Crippen molar-refractivity contribution in [1.29, 1.82) is 10.5 Å². The number of nitrogens with two attached hydrogens (primary N) is 1. The monoisotopic (exact) mass is 332 g/mol. The molecule has 7 heteroatoms. The Balaban J connectivity index is 0.000000745. The quantitative estimate of drug-likeness (QED) is 0.693. The third kappa shape index (κ3) is 3.63. The van der Waals surface area contributed by atoms with Crippen LogP contribution in [0.4, 0.5) is 5.82 Å². The van der Waals surface area contributed by atoms with Crippen molar-refractivity contribution >= 4 is 29.6 Å². The van der Waals surface area contributed by atoms with E-state index < -0.39 is 0 Å². The number of rotatable bonds is 1. The van der Waals surface area contributed by atoms with Crippen molar-refractivity contribution in [3.8, 4) is 23.3 Å². The van der Waals surface area contributed by atoms with Gasteiger partial charge in [-0.15, -0.1) is 0 Å². The standard InChI is InChI=1S/C13H7ClN4S.C2H6O/c14-10-4-2-1-3-7(10)11-8(5-15)12(17)18-13(19)9(11)6-16;1-2-3/h1-4H,(H3,17,18,19);3H,2H2,1H3. The number of nitriles is 2. The van der Waals surface area contributed by atoms with Crippen molar-refractivity contribution in [2.45, 2.75) is 6.92 Å². The molecule has 1 heterocycles. The fraction of sp³-hybridized carbons (Fsp3) is 0.133. The Morgan fingerprint density at radius 2 is 1.82 bits per heavy atom. The summed E-state index contributed by atoms with van der Waals surface area (Å²) in [6, 6.07) is 10.9. The van der Waals surface area contributed by atoms with Crippen molar-refractivity contribution in [3.63, 3.8) is 0 Å². The van der Waals surface area contributed by atoms with Crippen LogP contribution in [0.3, 0.4) is 0 Å². The van der Waals surface area contributed by atoms with E-state index in [1.54, 1.807) is 31.2 Å². The second kappa shape index (κ2) is 8.16. The third-order valence-corrected chi connectivity index (χ3v) is 3.25. The molecule has 0 aliphatic heterocycles. The molecule has 0 unspecified atom stereocenters. The summed E-state index contributed by atoms with van der Waals surface area (Å²) in [6.45, 7) is 1.93. The van der Waals surface area contributed by atoms with Gasteiger partial charge < -0.3 is 15.8 Å². The minimum Gasteiger partial charge on any atom is -0.397 e. The summed E-state index contributed by atoms with van der Waals surface area (Å²) in [6.07, 6.45) is 0. The minimum atomic E-state index is 0.126. The second-order valence-electron chi connectivity index (χ2n) is 4.01. The molecule has 2 rings (SSSR count). The SMILES string of the molecule is CCO.N#Cc1c(N)[nH]c(=S)c(C#N)c1-c1ccccc1Cl. The Bertz CT molecular complexity index is 818. The van der Waals surface area contributed by atoms with Crippen LogP contribution in [0, 0.1) is 27.3 Å². The molecule has 1 aromatic heterocycles. The Kier molecular flexibility index (Phi) is 6.55. The number of hydrogen-bond donors (Lipinski definition) is 3. The summed E-state index contributed by atoms with van der Waals surface area (Å²) in [7, 11) is 0. The van der Waals surface area contributed by atoms with Gasteiger partial charge in [-0.05, 0) is 13.0 Å². The molecule has 0 amide bonds. The predicted octanol–water partition coefficient (Wildman–Crippen LogP) is 3.39. The highest BCUT2D eigenvalue weighted by Crippen LogP contribution is 2.34. The number of aromatic amines is 1. The van der Waals surface area contributed by atoms with Crippen molar-refractivity contribution < 1.29 is 5.11 Å². The number of aromatic nitrogens is 1. The Morgan fingerprint density at radius 1 is 1.27 bits per heavy atom. The number of nitrogens with one attached hydrogen (secondary N) is 1. The average Bonchev–Trinajstić information content (AvgIpc) is 2.48. The fourth-order valence-corrected chi connectivity index (χ4v) is 2.26. The zero-order chi connectivity index (χ0) is 16.7. The van der Waals surface area contributed by atoms with Crippen LogP contribution in [-0.2, 0) is 0 Å². The first-order valence-corrected chi connectivity index (χ1v) is 7.02. The number of aliphatic hydroxyl groups excluding tert-OH is 1. The number of aliphatic hydroxyl groups is 1. The number of benzene rings is 1. The van der Waals surface area contributed by atoms with E-state index in [2.05, 4.69) is 4.98 Å². The van der Waals surface area contributed by atoms with Gasteiger partial charge in [-0.25, -0.2) is 0 Å². The zero-order valence-corrected chi connectivity index (χ0v) is 13.3. The number of nitrogens with zero attached hydrogens (tertiary/aromatic N) is 2. The van der Waals surface area contributed by atoms with Gasteiger partial charge >= 0.3 is 0 Å². The topological polar surface area (TPSA) is 110 Å². The van der Waals surface area contributed by atoms with Gasteiger partial charge in [0, 0.05) is 22.8 Å². The second-order valence-corrected chi connectivity index (χ2v) is 4.83. The maximum absolute atomic E-state index is 9.23. The molecule has 0 aliphatic carbocycles. The Morgan fingerprint density at radius 3 is 2.32 bits per heavy atom. The van der Waals surface area contributed by atoms with Gasteiger partial charge in [0.2, 0.25) is 0 Å². The molecule has 0 radical (unpaired) electrons. The number of anilines is 1. The molecule has 112 valence electrons. The van der Waals surface area contributed by atoms with Gasteiger partial charge in [-0.3, -0.25) is 0 Å². The van der Waals surface area contributed by atoms with E-state index >= 15 is 0 Å². The Hall–Kier alpha value is -2.38. The lowest BCUT2D eigenvalue weighted by Gasteiger charge is -2.10. The highest BCUT2D eigenvalue weighted by Gasteiger charge is 2.18. The van der Waals surface area contributed by atoms with Gasteiger partial charge in [0.15, 0.2) is 0 Å². The first-order valence-electron chi connectivity index (χ1n) is 6.23. The normalized spacial score (nSPS) is 9.14. The van der Waals surface area contributed by atoms with Crippen LogP contribution < -0.4 is 5.73 Å². The van der Waals surface area contributed by atoms with E-state index in [4.69, 9.17) is 34.7 Å². The maximum Gasteiger partial charge on any atom is 0.123 e. The smallest absolute Gasteiger partial charge is 0.123 e. The molecule has 0 saturated carbocycles. The molecule has 0 atom stereocenters. The molecule has 0 saturated heterocycles. The molecule has 4 N–H and O–H groups in total. The summed E-state index contributed by atoms with van der Waals surface area (Å²) in [5.74, 6) is 0.126. The molecule has 22 heavy (non-hydrogen) atoms. The van der Waals surface area contributed by atoms with E-state index in [9.17, 15) is 10.5 Å². The molecular weight excluding hydrogens is 320 g/mol. The molecule has 0 aliphatic rings. The van der Waals surface area contributed by atoms with E-state index in [1.807, 2.05) is 12.1 Å². The lowest BCUT2D eigenvalue weighted by molar-refractivity contribution is 0.318. The first kappa shape index (κ1) is 17.7. The van der Waals surface area contributed by atoms with Gasteiger partial charge in [0.1, 0.15) is 28.2 Å². The van der Waals surface area contributed by atoms with Crippen LogP contribution >= 0.6 is 23.8 Å². The highest BCUT2D eigenvalue weighted by molar-refractivity contribution is 7.71. The van der Waals surface area contributed by atoms with Crippen molar-refractivity contribution in [1.82, 2.24) is 4.98 Å². The Labute approximate surface area is 138 Å². The summed E-state index contributed by atoms with van der Waals surface area (Å²) < 4.78 is 0.189. The molecule has 0 fully saturated rings. The van der Waals surface area contributed by atoms with Crippen LogP contribution in [-0.4, -0.2) is 16.7 Å². The largest absolute Gasteiger partial charge is 0.397 e. The van der Waals surface area contributed by atoms with Crippen molar-refractivity contribution in [2.24, 2.45) is 0 Å². The molecule has 1 aromatic carbocycles. The van der Waals surface area contributed by atoms with Crippen molar-refractivity contribution in [3.05, 3.63) is 45.1 Å². The third-order valence-electron chi connectivity index (χ3n) is 2.61. The molecule has 0 spiro atoms. The van der Waals surface area contributed by atoms with Crippen LogP contribution in [0.25, 0.3) is 11.1 Å². The van der Waals surface area contributed by atoms with E-state index in [0.717, 1.165) is 0 Å². The van der Waals surface area contributed by atoms with Gasteiger partial charge in [-0.2, -0.15) is 10.5 Å². The van der Waals surface area contributed by atoms with E-state index in [-0.39, 0.29) is 28.2 Å². The zero-order valence-electron chi connectivity index (χ0n) is 11.7. The van der Waals surface area contributed by atoms with Crippen molar-refractivity contribution in [2.75, 3.05) is 12.3 Å². The van der Waals surface area contributed by atoms with Crippen LogP contribution in [0.5, 0.6) is 0 Å². The predicted molar refractivity (Wildman–Crippen MR) is 88.7 cm³/mol. The van der Waals surface area contributed by atoms with Gasteiger partial charge in [0.05, 0.1) is 5.56 Å². The summed E-state index contributed by atoms with van der Waals surface area (Å²) >= 11 is 11.2. The molecule has 0 bridgehead atoms. The first-order chi connectivity index (χ1) is 10.5. The number of halogens is 1. The maximum atomic E-state index is 9.23. The van der Waals surface area contributed by atoms with Gasteiger partial charge in [0.25, 0.3) is 0 Å². The molecule has 5 nitrogen and oxygen atoms in total. The molecular formula is C15H13ClN4OS. The summed E-state index contributed by atoms with van der Waals surface area (Å²) in [5.41, 5.74) is 7.03. The van der Waals surface area contributed by atoms with Crippen LogP contribution in [0.1, 0.15) is 18.1 Å². The fourth-order valence-electron chi connectivity index (χ4n) is 1.78. The van der Waals surface area contributed by atoms with Crippen LogP contribution in [0.15, 0.2) is 24.3 Å². The summed E-state index contributed by atoms with van der Waals surface area (Å²) in [4.78, 5) is 2.64. The minimum absolute atomic E-state index is 0.126. The lowest BCUT2D eigenvalue weighted by Crippen LogP contribution is -2.01.